The first-order valence-corrected chi connectivity index (χ1v) is 8.47. The van der Waals surface area contributed by atoms with Crippen molar-refractivity contribution in [3.05, 3.63) is 32.5 Å². The third-order valence-corrected chi connectivity index (χ3v) is 7.14. The average Bonchev–Trinajstić information content (AvgIpc) is 2.69. The van der Waals surface area contributed by atoms with E-state index in [2.05, 4.69) is 50.9 Å². The Hall–Kier alpha value is -0.710. The molecule has 0 aliphatic carbocycles. The summed E-state index contributed by atoms with van der Waals surface area (Å²) in [7, 11) is 5.72. The monoisotopic (exact) mass is 293 g/mol. The van der Waals surface area contributed by atoms with Gasteiger partial charge in [0, 0.05) is 23.9 Å². The zero-order valence-electron chi connectivity index (χ0n) is 10.9. The molecule has 1 aromatic heterocycles. The van der Waals surface area contributed by atoms with Gasteiger partial charge in [0.25, 0.3) is 0 Å². The first-order valence-electron chi connectivity index (χ1n) is 5.91. The molecule has 94 valence electrons. The SMILES string of the molecule is Cc1ccc2c(c1)-c1c(ssc1=S)C(C)(C)N2C. The maximum absolute atomic E-state index is 5.54. The van der Waals surface area contributed by atoms with Gasteiger partial charge >= 0.3 is 0 Å². The van der Waals surface area contributed by atoms with Gasteiger partial charge in [0.05, 0.1) is 10.4 Å². The molecule has 0 saturated carbocycles. The Kier molecular flexibility index (Phi) is 2.66. The van der Waals surface area contributed by atoms with Crippen LogP contribution in [0.4, 0.5) is 5.69 Å². The van der Waals surface area contributed by atoms with Crippen LogP contribution in [0, 0.1) is 10.7 Å². The molecule has 1 aromatic carbocycles. The van der Waals surface area contributed by atoms with Gasteiger partial charge in [-0.2, -0.15) is 0 Å². The molecule has 0 N–H and O–H groups in total. The van der Waals surface area contributed by atoms with Crippen molar-refractivity contribution in [2.75, 3.05) is 11.9 Å². The highest BCUT2D eigenvalue weighted by Gasteiger charge is 2.37. The van der Waals surface area contributed by atoms with Gasteiger partial charge in [0.2, 0.25) is 0 Å². The first-order chi connectivity index (χ1) is 8.43. The lowest BCUT2D eigenvalue weighted by molar-refractivity contribution is 0.521. The van der Waals surface area contributed by atoms with Gasteiger partial charge in [0.1, 0.15) is 3.82 Å². The third kappa shape index (κ3) is 1.52. The number of anilines is 1. The Morgan fingerprint density at radius 3 is 2.67 bits per heavy atom. The normalized spacial score (nSPS) is 16.3. The maximum Gasteiger partial charge on any atom is 0.110 e. The zero-order chi connectivity index (χ0) is 13.1. The number of rotatable bonds is 0. The molecule has 2 heterocycles. The number of hydrogen-bond acceptors (Lipinski definition) is 4. The van der Waals surface area contributed by atoms with E-state index < -0.39 is 0 Å². The molecule has 3 rings (SSSR count). The number of fused-ring (bicyclic) bond motifs is 3. The smallest absolute Gasteiger partial charge is 0.110 e. The Balaban J connectivity index is 2.43. The maximum atomic E-state index is 5.54. The molecule has 0 amide bonds. The van der Waals surface area contributed by atoms with Gasteiger partial charge in [-0.3, -0.25) is 0 Å². The molecule has 1 aliphatic rings. The Labute approximate surface area is 120 Å². The van der Waals surface area contributed by atoms with Crippen molar-refractivity contribution < 1.29 is 0 Å². The molecule has 2 aromatic rings. The molecule has 4 heteroatoms. The summed E-state index contributed by atoms with van der Waals surface area (Å²) in [6.07, 6.45) is 0. The second-order valence-electron chi connectivity index (χ2n) is 5.30. The molecule has 0 atom stereocenters. The lowest BCUT2D eigenvalue weighted by Gasteiger charge is -2.42. The predicted octanol–water partition coefficient (Wildman–Crippen LogP) is 5.20. The highest BCUT2D eigenvalue weighted by atomic mass is 32.9. The number of hydrogen-bond donors (Lipinski definition) is 0. The summed E-state index contributed by atoms with van der Waals surface area (Å²) in [4.78, 5) is 3.76. The fourth-order valence-corrected chi connectivity index (χ4v) is 5.82. The van der Waals surface area contributed by atoms with Gasteiger partial charge in [-0.25, -0.2) is 0 Å². The molecule has 0 bridgehead atoms. The predicted molar refractivity (Wildman–Crippen MR) is 84.6 cm³/mol. The van der Waals surface area contributed by atoms with Crippen LogP contribution in [0.2, 0.25) is 0 Å². The largest absolute Gasteiger partial charge is 0.364 e. The van der Waals surface area contributed by atoms with E-state index >= 15 is 0 Å². The lowest BCUT2D eigenvalue weighted by atomic mass is 9.87. The minimum absolute atomic E-state index is 0.0236. The summed E-state index contributed by atoms with van der Waals surface area (Å²) < 4.78 is 1.03. The fraction of sp³-hybridized carbons (Fsp3) is 0.357. The topological polar surface area (TPSA) is 3.24 Å². The van der Waals surface area contributed by atoms with Crippen molar-refractivity contribution in [1.82, 2.24) is 0 Å². The van der Waals surface area contributed by atoms with Crippen LogP contribution in [0.5, 0.6) is 0 Å². The van der Waals surface area contributed by atoms with Gasteiger partial charge < -0.3 is 4.90 Å². The van der Waals surface area contributed by atoms with Crippen molar-refractivity contribution in [2.24, 2.45) is 0 Å². The van der Waals surface area contributed by atoms with Crippen molar-refractivity contribution in [1.29, 1.82) is 0 Å². The molecule has 0 fully saturated rings. The summed E-state index contributed by atoms with van der Waals surface area (Å²) in [5.74, 6) is 0. The minimum Gasteiger partial charge on any atom is -0.364 e. The van der Waals surface area contributed by atoms with Crippen LogP contribution in [0.3, 0.4) is 0 Å². The Bertz CT molecular complexity index is 679. The summed E-state index contributed by atoms with van der Waals surface area (Å²) >= 11 is 5.54. The van der Waals surface area contributed by atoms with E-state index in [1.165, 1.54) is 27.3 Å². The van der Waals surface area contributed by atoms with Crippen molar-refractivity contribution in [3.63, 3.8) is 0 Å². The molecule has 0 radical (unpaired) electrons. The fourth-order valence-electron chi connectivity index (χ4n) is 2.49. The van der Waals surface area contributed by atoms with Crippen LogP contribution in [-0.4, -0.2) is 7.05 Å². The molecule has 0 spiro atoms. The van der Waals surface area contributed by atoms with Crippen molar-refractivity contribution in [2.45, 2.75) is 26.3 Å². The highest BCUT2D eigenvalue weighted by Crippen LogP contribution is 2.51. The van der Waals surface area contributed by atoms with E-state index in [-0.39, 0.29) is 5.54 Å². The second kappa shape index (κ2) is 3.89. The molecular formula is C14H15NS3. The molecule has 18 heavy (non-hydrogen) atoms. The van der Waals surface area contributed by atoms with Gasteiger partial charge in [-0.1, -0.05) is 44.5 Å². The highest BCUT2D eigenvalue weighted by molar-refractivity contribution is 7.80. The van der Waals surface area contributed by atoms with Crippen LogP contribution in [0.25, 0.3) is 11.1 Å². The second-order valence-corrected chi connectivity index (χ2v) is 8.11. The van der Waals surface area contributed by atoms with Crippen LogP contribution in [0.1, 0.15) is 24.3 Å². The molecular weight excluding hydrogens is 278 g/mol. The van der Waals surface area contributed by atoms with Crippen molar-refractivity contribution >= 4 is 38.6 Å². The van der Waals surface area contributed by atoms with Crippen LogP contribution >= 0.6 is 32.9 Å². The molecule has 1 aliphatic heterocycles. The third-order valence-electron chi connectivity index (χ3n) is 3.81. The quantitative estimate of drug-likeness (QED) is 0.485. The van der Waals surface area contributed by atoms with Gasteiger partial charge in [0.15, 0.2) is 0 Å². The van der Waals surface area contributed by atoms with Crippen molar-refractivity contribution in [3.8, 4) is 11.1 Å². The summed E-state index contributed by atoms with van der Waals surface area (Å²) in [6, 6.07) is 6.65. The molecule has 1 nitrogen and oxygen atoms in total. The summed E-state index contributed by atoms with van der Waals surface area (Å²) in [6.45, 7) is 6.68. The minimum atomic E-state index is 0.0236. The Morgan fingerprint density at radius 2 is 1.94 bits per heavy atom. The molecule has 0 unspecified atom stereocenters. The number of aryl methyl sites for hydroxylation is 1. The van der Waals surface area contributed by atoms with E-state index in [1.807, 2.05) is 10.3 Å². The van der Waals surface area contributed by atoms with E-state index in [1.54, 1.807) is 10.3 Å². The lowest BCUT2D eigenvalue weighted by Crippen LogP contribution is -2.40. The molecule has 0 saturated heterocycles. The first kappa shape index (κ1) is 12.3. The zero-order valence-corrected chi connectivity index (χ0v) is 13.4. The van der Waals surface area contributed by atoms with Gasteiger partial charge in [-0.05, 0) is 32.9 Å². The van der Waals surface area contributed by atoms with Gasteiger partial charge in [-0.15, -0.1) is 0 Å². The average molecular weight is 293 g/mol. The standard InChI is InChI=1S/C14H15NS3/c1-8-5-6-10-9(7-8)11-12(17-18-13(11)16)14(2,3)15(10)4/h5-7H,1-4H3. The summed E-state index contributed by atoms with van der Waals surface area (Å²) in [5.41, 5.74) is 5.19. The van der Waals surface area contributed by atoms with Crippen LogP contribution in [-0.2, 0) is 5.54 Å². The van der Waals surface area contributed by atoms with E-state index in [0.29, 0.717) is 0 Å². The van der Waals surface area contributed by atoms with E-state index in [9.17, 15) is 0 Å². The van der Waals surface area contributed by atoms with E-state index in [0.717, 1.165) is 3.82 Å². The number of benzene rings is 1. The number of nitrogens with zero attached hydrogens (tertiary/aromatic N) is 1. The summed E-state index contributed by atoms with van der Waals surface area (Å²) in [5, 5.41) is 0. The Morgan fingerprint density at radius 1 is 1.22 bits per heavy atom. The van der Waals surface area contributed by atoms with E-state index in [4.69, 9.17) is 12.2 Å². The van der Waals surface area contributed by atoms with Crippen LogP contribution < -0.4 is 4.90 Å². The van der Waals surface area contributed by atoms with Crippen LogP contribution in [0.15, 0.2) is 18.2 Å².